The van der Waals surface area contributed by atoms with E-state index in [2.05, 4.69) is 21.7 Å². The van der Waals surface area contributed by atoms with Crippen LogP contribution >= 0.6 is 11.3 Å². The fourth-order valence-corrected chi connectivity index (χ4v) is 3.80. The second kappa shape index (κ2) is 6.89. The highest BCUT2D eigenvalue weighted by molar-refractivity contribution is 7.10. The number of nitrogens with one attached hydrogen (secondary N) is 1. The smallest absolute Gasteiger partial charge is 0.271 e. The van der Waals surface area contributed by atoms with Crippen molar-refractivity contribution < 1.29 is 9.72 Å². The maximum atomic E-state index is 12.2. The molecule has 2 aromatic rings. The number of carbonyl (C=O) groups is 1. The number of likely N-dealkylation sites (tertiary alicyclic amines) is 1. The van der Waals surface area contributed by atoms with E-state index in [0.717, 1.165) is 19.4 Å². The first kappa shape index (κ1) is 15.6. The lowest BCUT2D eigenvalue weighted by Crippen LogP contribution is -2.32. The van der Waals surface area contributed by atoms with Gasteiger partial charge in [-0.2, -0.15) is 0 Å². The van der Waals surface area contributed by atoms with Gasteiger partial charge in [0.2, 0.25) is 5.91 Å². The molecule has 1 atom stereocenters. The third-order valence-corrected chi connectivity index (χ3v) is 4.90. The number of amides is 1. The summed E-state index contributed by atoms with van der Waals surface area (Å²) in [4.78, 5) is 26.0. The molecule has 0 aliphatic carbocycles. The molecule has 23 heavy (non-hydrogen) atoms. The summed E-state index contributed by atoms with van der Waals surface area (Å²) >= 11 is 1.71. The molecule has 1 aromatic carbocycles. The van der Waals surface area contributed by atoms with E-state index in [-0.39, 0.29) is 11.6 Å². The van der Waals surface area contributed by atoms with E-state index in [1.165, 1.54) is 17.0 Å². The van der Waals surface area contributed by atoms with Gasteiger partial charge in [-0.15, -0.1) is 11.3 Å². The van der Waals surface area contributed by atoms with Crippen molar-refractivity contribution in [3.05, 3.63) is 56.8 Å². The van der Waals surface area contributed by atoms with Gasteiger partial charge < -0.3 is 5.32 Å². The molecule has 1 aliphatic heterocycles. The summed E-state index contributed by atoms with van der Waals surface area (Å²) in [5.41, 5.74) is 0.427. The first-order valence-electron chi connectivity index (χ1n) is 7.45. The molecule has 1 N–H and O–H groups in total. The largest absolute Gasteiger partial charge is 0.325 e. The predicted octanol–water partition coefficient (Wildman–Crippen LogP) is 3.43. The van der Waals surface area contributed by atoms with Gasteiger partial charge in [0.1, 0.15) is 0 Å². The third-order valence-electron chi connectivity index (χ3n) is 3.92. The van der Waals surface area contributed by atoms with Crippen molar-refractivity contribution in [1.82, 2.24) is 4.90 Å². The number of carbonyl (C=O) groups excluding carboxylic acids is 1. The minimum atomic E-state index is -0.469. The van der Waals surface area contributed by atoms with Crippen molar-refractivity contribution in [1.29, 1.82) is 0 Å². The van der Waals surface area contributed by atoms with Crippen LogP contribution in [0.1, 0.15) is 23.8 Å². The Kier molecular flexibility index (Phi) is 4.68. The molecule has 1 fully saturated rings. The van der Waals surface area contributed by atoms with E-state index in [9.17, 15) is 14.9 Å². The molecular formula is C16H17N3O3S. The van der Waals surface area contributed by atoms with Gasteiger partial charge in [-0.1, -0.05) is 12.1 Å². The first-order chi connectivity index (χ1) is 11.1. The Balaban J connectivity index is 1.63. The van der Waals surface area contributed by atoms with Crippen LogP contribution in [-0.4, -0.2) is 28.8 Å². The second-order valence-corrected chi connectivity index (χ2v) is 6.48. The van der Waals surface area contributed by atoms with Gasteiger partial charge in [-0.25, -0.2) is 0 Å². The van der Waals surface area contributed by atoms with Gasteiger partial charge in [0, 0.05) is 28.7 Å². The molecule has 0 spiro atoms. The van der Waals surface area contributed by atoms with E-state index >= 15 is 0 Å². The highest BCUT2D eigenvalue weighted by atomic mass is 32.1. The van der Waals surface area contributed by atoms with E-state index < -0.39 is 4.92 Å². The standard InChI is InChI=1S/C16H17N3O3S/c20-16(17-12-4-1-5-13(10-12)19(21)22)11-18-8-2-6-14(18)15-7-3-9-23-15/h1,3-5,7,9-10,14H,2,6,8,11H2,(H,17,20)/t14-/m1/s1. The normalized spacial score (nSPS) is 18.0. The van der Waals surface area contributed by atoms with Gasteiger partial charge >= 0.3 is 0 Å². The number of nitro benzene ring substituents is 1. The van der Waals surface area contributed by atoms with Crippen LogP contribution in [0.25, 0.3) is 0 Å². The summed E-state index contributed by atoms with van der Waals surface area (Å²) in [7, 11) is 0. The maximum absolute atomic E-state index is 12.2. The molecule has 6 nitrogen and oxygen atoms in total. The van der Waals surface area contributed by atoms with Gasteiger partial charge in [-0.3, -0.25) is 19.8 Å². The highest BCUT2D eigenvalue weighted by Gasteiger charge is 2.28. The molecule has 1 aliphatic rings. The molecule has 0 radical (unpaired) electrons. The Morgan fingerprint density at radius 2 is 2.26 bits per heavy atom. The summed E-state index contributed by atoms with van der Waals surface area (Å²) in [6, 6.07) is 10.4. The SMILES string of the molecule is O=C(CN1CCC[C@@H]1c1cccs1)Nc1cccc([N+](=O)[O-])c1. The molecule has 0 bridgehead atoms. The molecule has 7 heteroatoms. The van der Waals surface area contributed by atoms with Gasteiger partial charge in [0.15, 0.2) is 0 Å². The molecular weight excluding hydrogens is 314 g/mol. The lowest BCUT2D eigenvalue weighted by Gasteiger charge is -2.22. The molecule has 120 valence electrons. The van der Waals surface area contributed by atoms with Crippen LogP contribution in [0.15, 0.2) is 41.8 Å². The van der Waals surface area contributed by atoms with Gasteiger partial charge in [0.25, 0.3) is 5.69 Å². The zero-order valence-electron chi connectivity index (χ0n) is 12.5. The molecule has 0 unspecified atom stereocenters. The third kappa shape index (κ3) is 3.75. The molecule has 0 saturated carbocycles. The number of nitro groups is 1. The number of rotatable bonds is 5. The molecule has 1 aromatic heterocycles. The van der Waals surface area contributed by atoms with E-state index in [1.54, 1.807) is 23.5 Å². The molecule has 1 amide bonds. The number of non-ortho nitro benzene ring substituents is 1. The average molecular weight is 331 g/mol. The van der Waals surface area contributed by atoms with Crippen molar-refractivity contribution in [3.63, 3.8) is 0 Å². The molecule has 2 heterocycles. The van der Waals surface area contributed by atoms with Crippen LogP contribution < -0.4 is 5.32 Å². The van der Waals surface area contributed by atoms with Crippen LogP contribution in [0, 0.1) is 10.1 Å². The van der Waals surface area contributed by atoms with Crippen LogP contribution in [0.5, 0.6) is 0 Å². The van der Waals surface area contributed by atoms with Crippen LogP contribution in [-0.2, 0) is 4.79 Å². The van der Waals surface area contributed by atoms with Crippen molar-refractivity contribution >= 4 is 28.6 Å². The van der Waals surface area contributed by atoms with Crippen molar-refractivity contribution in [3.8, 4) is 0 Å². The zero-order valence-corrected chi connectivity index (χ0v) is 13.3. The number of benzene rings is 1. The summed E-state index contributed by atoms with van der Waals surface area (Å²) in [6.45, 7) is 1.19. The number of thiophene rings is 1. The van der Waals surface area contributed by atoms with Crippen molar-refractivity contribution in [2.75, 3.05) is 18.4 Å². The van der Waals surface area contributed by atoms with Gasteiger partial charge in [0.05, 0.1) is 11.5 Å². The predicted molar refractivity (Wildman–Crippen MR) is 89.6 cm³/mol. The molecule has 1 saturated heterocycles. The quantitative estimate of drug-likeness (QED) is 0.673. The molecule has 3 rings (SSSR count). The summed E-state index contributed by atoms with van der Waals surface area (Å²) in [5, 5.41) is 15.6. The van der Waals surface area contributed by atoms with E-state index in [1.807, 2.05) is 6.07 Å². The lowest BCUT2D eigenvalue weighted by atomic mass is 10.2. The number of nitrogens with zero attached hydrogens (tertiary/aromatic N) is 2. The Morgan fingerprint density at radius 3 is 3.00 bits per heavy atom. The number of hydrogen-bond acceptors (Lipinski definition) is 5. The van der Waals surface area contributed by atoms with Crippen molar-refractivity contribution in [2.24, 2.45) is 0 Å². The maximum Gasteiger partial charge on any atom is 0.271 e. The highest BCUT2D eigenvalue weighted by Crippen LogP contribution is 2.34. The minimum absolute atomic E-state index is 0.0274. The fraction of sp³-hybridized carbons (Fsp3) is 0.312. The Bertz CT molecular complexity index is 702. The lowest BCUT2D eigenvalue weighted by molar-refractivity contribution is -0.384. The summed E-state index contributed by atoms with van der Waals surface area (Å²) in [5.74, 6) is -0.144. The van der Waals surface area contributed by atoms with E-state index in [0.29, 0.717) is 18.3 Å². The monoisotopic (exact) mass is 331 g/mol. The fourth-order valence-electron chi connectivity index (χ4n) is 2.90. The Labute approximate surface area is 137 Å². The van der Waals surface area contributed by atoms with Crippen molar-refractivity contribution in [2.45, 2.75) is 18.9 Å². The second-order valence-electron chi connectivity index (χ2n) is 5.50. The van der Waals surface area contributed by atoms with E-state index in [4.69, 9.17) is 0 Å². The van der Waals surface area contributed by atoms with Crippen LogP contribution in [0.2, 0.25) is 0 Å². The Hall–Kier alpha value is -2.25. The number of hydrogen-bond donors (Lipinski definition) is 1. The van der Waals surface area contributed by atoms with Crippen LogP contribution in [0.4, 0.5) is 11.4 Å². The zero-order chi connectivity index (χ0) is 16.2. The average Bonchev–Trinajstić information content (AvgIpc) is 3.18. The first-order valence-corrected chi connectivity index (χ1v) is 8.33. The van der Waals surface area contributed by atoms with Gasteiger partial charge in [-0.05, 0) is 36.9 Å². The Morgan fingerprint density at radius 1 is 1.39 bits per heavy atom. The number of anilines is 1. The van der Waals surface area contributed by atoms with Crippen LogP contribution in [0.3, 0.4) is 0 Å². The topological polar surface area (TPSA) is 75.5 Å². The minimum Gasteiger partial charge on any atom is -0.325 e. The summed E-state index contributed by atoms with van der Waals surface area (Å²) in [6.07, 6.45) is 2.14. The summed E-state index contributed by atoms with van der Waals surface area (Å²) < 4.78 is 0.